The van der Waals surface area contributed by atoms with Gasteiger partial charge in [0.2, 0.25) is 0 Å². The van der Waals surface area contributed by atoms with E-state index in [4.69, 9.17) is 0 Å². The Balaban J connectivity index is 1.97. The monoisotopic (exact) mass is 280 g/mol. The minimum Gasteiger partial charge on any atom is -0.391 e. The van der Waals surface area contributed by atoms with E-state index < -0.39 is 6.10 Å². The Hall–Kier alpha value is -1.62. The van der Waals surface area contributed by atoms with Crippen molar-refractivity contribution in [2.24, 2.45) is 0 Å². The second-order valence-corrected chi connectivity index (χ2v) is 5.42. The van der Waals surface area contributed by atoms with Gasteiger partial charge in [0.1, 0.15) is 5.82 Å². The molecule has 1 saturated heterocycles. The van der Waals surface area contributed by atoms with Crippen molar-refractivity contribution in [2.75, 3.05) is 13.1 Å². The lowest BCUT2D eigenvalue weighted by Crippen LogP contribution is -2.47. The first kappa shape index (κ1) is 14.8. The van der Waals surface area contributed by atoms with E-state index >= 15 is 0 Å². The second kappa shape index (κ2) is 6.22. The molecule has 0 radical (unpaired) electrons. The molecule has 2 atom stereocenters. The van der Waals surface area contributed by atoms with E-state index in [-0.39, 0.29) is 17.9 Å². The van der Waals surface area contributed by atoms with Crippen molar-refractivity contribution in [3.05, 3.63) is 35.1 Å². The van der Waals surface area contributed by atoms with Gasteiger partial charge in [0.25, 0.3) is 0 Å². The molecule has 1 aliphatic heterocycles. The van der Waals surface area contributed by atoms with Crippen LogP contribution in [-0.2, 0) is 0 Å². The molecule has 1 heterocycles. The molecule has 5 heteroatoms. The van der Waals surface area contributed by atoms with Crippen LogP contribution < -0.4 is 5.32 Å². The van der Waals surface area contributed by atoms with Crippen LogP contribution in [0.2, 0.25) is 0 Å². The Kier molecular flexibility index (Phi) is 4.60. The number of aliphatic hydroxyl groups is 1. The average Bonchev–Trinajstić information content (AvgIpc) is 2.41. The lowest BCUT2D eigenvalue weighted by Gasteiger charge is -2.31. The van der Waals surface area contributed by atoms with Gasteiger partial charge < -0.3 is 15.3 Å². The van der Waals surface area contributed by atoms with Crippen LogP contribution in [0.1, 0.15) is 36.9 Å². The van der Waals surface area contributed by atoms with Crippen molar-refractivity contribution in [1.82, 2.24) is 10.2 Å². The molecular formula is C15H21FN2O2. The molecule has 0 bridgehead atoms. The summed E-state index contributed by atoms with van der Waals surface area (Å²) in [5.74, 6) is -0.267. The molecule has 4 nitrogen and oxygen atoms in total. The molecule has 110 valence electrons. The van der Waals surface area contributed by atoms with Gasteiger partial charge in [0.15, 0.2) is 0 Å². The van der Waals surface area contributed by atoms with Gasteiger partial charge in [0, 0.05) is 13.1 Å². The summed E-state index contributed by atoms with van der Waals surface area (Å²) < 4.78 is 13.5. The van der Waals surface area contributed by atoms with Crippen LogP contribution in [0, 0.1) is 12.7 Å². The van der Waals surface area contributed by atoms with Gasteiger partial charge in [-0.15, -0.1) is 0 Å². The maximum atomic E-state index is 13.5. The molecule has 1 aliphatic rings. The number of aliphatic hydroxyl groups excluding tert-OH is 1. The van der Waals surface area contributed by atoms with Gasteiger partial charge in [-0.05, 0) is 43.9 Å². The number of urea groups is 1. The van der Waals surface area contributed by atoms with Crippen LogP contribution in [-0.4, -0.2) is 35.2 Å². The first-order valence-electron chi connectivity index (χ1n) is 6.97. The standard InChI is InChI=1S/C15H21FN2O2/c1-10-5-6-12(8-14(10)16)11(2)17-15(20)18-7-3-4-13(19)9-18/h5-6,8,11,13,19H,3-4,7,9H2,1-2H3,(H,17,20). The number of likely N-dealkylation sites (tertiary alicyclic amines) is 1. The Morgan fingerprint density at radius 3 is 2.95 bits per heavy atom. The van der Waals surface area contributed by atoms with Crippen molar-refractivity contribution in [3.8, 4) is 0 Å². The third-order valence-electron chi connectivity index (χ3n) is 3.72. The van der Waals surface area contributed by atoms with E-state index in [1.54, 1.807) is 17.9 Å². The van der Waals surface area contributed by atoms with Crippen molar-refractivity contribution in [1.29, 1.82) is 0 Å². The highest BCUT2D eigenvalue weighted by molar-refractivity contribution is 5.74. The Morgan fingerprint density at radius 2 is 2.30 bits per heavy atom. The number of carbonyl (C=O) groups excluding carboxylic acids is 1. The first-order valence-corrected chi connectivity index (χ1v) is 6.97. The van der Waals surface area contributed by atoms with Crippen LogP contribution in [0.4, 0.5) is 9.18 Å². The summed E-state index contributed by atoms with van der Waals surface area (Å²) in [4.78, 5) is 13.7. The summed E-state index contributed by atoms with van der Waals surface area (Å²) >= 11 is 0. The van der Waals surface area contributed by atoms with Crippen LogP contribution in [0.3, 0.4) is 0 Å². The fourth-order valence-electron chi connectivity index (χ4n) is 2.38. The number of hydrogen-bond acceptors (Lipinski definition) is 2. The van der Waals surface area contributed by atoms with Gasteiger partial charge >= 0.3 is 6.03 Å². The van der Waals surface area contributed by atoms with E-state index in [1.165, 1.54) is 6.07 Å². The zero-order valence-electron chi connectivity index (χ0n) is 11.9. The number of aryl methyl sites for hydroxylation is 1. The number of amides is 2. The molecule has 0 saturated carbocycles. The molecule has 2 amide bonds. The molecule has 1 aromatic rings. The predicted octanol–water partition coefficient (Wildman–Crippen LogP) is 2.36. The van der Waals surface area contributed by atoms with Gasteiger partial charge in [-0.25, -0.2) is 9.18 Å². The highest BCUT2D eigenvalue weighted by Gasteiger charge is 2.23. The van der Waals surface area contributed by atoms with Crippen LogP contribution in [0.25, 0.3) is 0 Å². The topological polar surface area (TPSA) is 52.6 Å². The summed E-state index contributed by atoms with van der Waals surface area (Å²) in [6, 6.07) is 4.49. The number of rotatable bonds is 2. The molecule has 1 fully saturated rings. The number of benzene rings is 1. The quantitative estimate of drug-likeness (QED) is 0.874. The molecule has 0 aromatic heterocycles. The maximum absolute atomic E-state index is 13.5. The lowest BCUT2D eigenvalue weighted by atomic mass is 10.1. The highest BCUT2D eigenvalue weighted by atomic mass is 19.1. The normalized spacial score (nSPS) is 20.6. The third kappa shape index (κ3) is 3.48. The van der Waals surface area contributed by atoms with E-state index in [1.807, 2.05) is 13.0 Å². The van der Waals surface area contributed by atoms with Crippen LogP contribution in [0.5, 0.6) is 0 Å². The highest BCUT2D eigenvalue weighted by Crippen LogP contribution is 2.17. The van der Waals surface area contributed by atoms with E-state index in [2.05, 4.69) is 5.32 Å². The summed E-state index contributed by atoms with van der Waals surface area (Å²) in [5, 5.41) is 12.4. The number of nitrogens with zero attached hydrogens (tertiary/aromatic N) is 1. The summed E-state index contributed by atoms with van der Waals surface area (Å²) in [7, 11) is 0. The lowest BCUT2D eigenvalue weighted by molar-refractivity contribution is 0.0835. The fourth-order valence-corrected chi connectivity index (χ4v) is 2.38. The summed E-state index contributed by atoms with van der Waals surface area (Å²) in [6.45, 7) is 4.54. The number of hydrogen-bond donors (Lipinski definition) is 2. The summed E-state index contributed by atoms with van der Waals surface area (Å²) in [6.07, 6.45) is 1.10. The van der Waals surface area contributed by atoms with Crippen molar-refractivity contribution in [3.63, 3.8) is 0 Å². The molecule has 0 aliphatic carbocycles. The second-order valence-electron chi connectivity index (χ2n) is 5.42. The Bertz CT molecular complexity index is 493. The van der Waals surface area contributed by atoms with Crippen LogP contribution >= 0.6 is 0 Å². The number of halogens is 1. The number of piperidine rings is 1. The van der Waals surface area contributed by atoms with Gasteiger partial charge in [-0.2, -0.15) is 0 Å². The molecule has 2 rings (SSSR count). The third-order valence-corrected chi connectivity index (χ3v) is 3.72. The van der Waals surface area contributed by atoms with E-state index in [0.717, 1.165) is 18.4 Å². The van der Waals surface area contributed by atoms with Gasteiger partial charge in [0.05, 0.1) is 12.1 Å². The van der Waals surface area contributed by atoms with Crippen LogP contribution in [0.15, 0.2) is 18.2 Å². The smallest absolute Gasteiger partial charge is 0.317 e. The average molecular weight is 280 g/mol. The molecule has 2 unspecified atom stereocenters. The molecule has 2 N–H and O–H groups in total. The Morgan fingerprint density at radius 1 is 1.55 bits per heavy atom. The fraction of sp³-hybridized carbons (Fsp3) is 0.533. The van der Waals surface area contributed by atoms with Crippen molar-refractivity contribution in [2.45, 2.75) is 38.8 Å². The number of carbonyl (C=O) groups is 1. The summed E-state index contributed by atoms with van der Waals surface area (Å²) in [5.41, 5.74) is 1.32. The molecule has 0 spiro atoms. The number of β-amino-alcohol motifs (C(OH)–C–C–N with tert-alkyl or cyclic N) is 1. The minimum absolute atomic E-state index is 0.211. The maximum Gasteiger partial charge on any atom is 0.317 e. The predicted molar refractivity (Wildman–Crippen MR) is 74.9 cm³/mol. The van der Waals surface area contributed by atoms with Crippen molar-refractivity contribution < 1.29 is 14.3 Å². The minimum atomic E-state index is -0.443. The first-order chi connectivity index (χ1) is 9.47. The van der Waals surface area contributed by atoms with Crippen molar-refractivity contribution >= 4 is 6.03 Å². The molecule has 20 heavy (non-hydrogen) atoms. The molecular weight excluding hydrogens is 259 g/mol. The van der Waals surface area contributed by atoms with E-state index in [0.29, 0.717) is 18.7 Å². The molecule has 1 aromatic carbocycles. The Labute approximate surface area is 118 Å². The van der Waals surface area contributed by atoms with Gasteiger partial charge in [-0.3, -0.25) is 0 Å². The largest absolute Gasteiger partial charge is 0.391 e. The zero-order valence-corrected chi connectivity index (χ0v) is 11.9. The van der Waals surface area contributed by atoms with Gasteiger partial charge in [-0.1, -0.05) is 12.1 Å². The zero-order chi connectivity index (χ0) is 14.7. The van der Waals surface area contributed by atoms with E-state index in [9.17, 15) is 14.3 Å². The number of nitrogens with one attached hydrogen (secondary N) is 1. The SMILES string of the molecule is Cc1ccc(C(C)NC(=O)N2CCCC(O)C2)cc1F.